The van der Waals surface area contributed by atoms with Crippen LogP contribution in [0.3, 0.4) is 0 Å². The summed E-state index contributed by atoms with van der Waals surface area (Å²) in [5.41, 5.74) is 27.2. The van der Waals surface area contributed by atoms with Crippen molar-refractivity contribution in [1.82, 2.24) is 0 Å². The molecule has 0 amide bonds. The highest BCUT2D eigenvalue weighted by atomic mass is 28.3. The molecule has 0 saturated carbocycles. The molecular formula is C105H128O13Si3. The SMILES string of the molecule is C#Cc1ccc(C#C[Si](C(C)C)(C(C)C)C(C)C)cc1C#Cc1cc2c(O)c(c1)COC[C@H](c1ccccc1)OCCOCCO[C@@H](c1ccccc1)COC2.C1CCOC1.CC(C)[Si](C#Cc1ccc(C#C[Si](C)(C)C)c(C#Cc2cc3c(O)c(c2)COC[C@H](c2ccccc2)OCCOCCO[C@@H](c2ccccc2)COC3)c1)(C(C)C)C(C)C. The molecule has 16 heteroatoms. The fourth-order valence-electron chi connectivity index (χ4n) is 16.0. The highest BCUT2D eigenvalue weighted by Gasteiger charge is 2.43. The number of phenols is 2. The van der Waals surface area contributed by atoms with E-state index in [1.807, 2.05) is 164 Å². The normalized spacial score (nSPS) is 17.7. The van der Waals surface area contributed by atoms with E-state index < -0.39 is 24.2 Å². The van der Waals surface area contributed by atoms with Crippen LogP contribution < -0.4 is 0 Å². The second-order valence-electron chi connectivity index (χ2n) is 33.9. The van der Waals surface area contributed by atoms with E-state index in [9.17, 15) is 10.2 Å². The van der Waals surface area contributed by atoms with Crippen LogP contribution in [0.4, 0.5) is 0 Å². The largest absolute Gasteiger partial charge is 0.507 e. The standard InChI is InChI=1S/C52H64O6Si2.C49H56O6Si.C4H8O/c1-39(2)60(40(3)4,41(5)6)31-24-42-20-22-44(25-30-59(7,8)9)47(32-42)23-21-43-33-48-35-55-37-50(45-16-12-10-13-17-45)57-28-26-54-27-29-58-51(46-18-14-11-15-19-46)38-56-36-49(34-43)52(48)53;1-8-41-21-19-39(23-28-56(36(2)3,37(4)5)38(6)7)29-44(41)22-20-40-30-45-32-52-34-47(42-15-11-9-12-16-42)54-26-24-51-25-27-55-48(43-17-13-10-14-18-43)35-53-33-46(31-40)49(45)50;1-2-4-5-3-1/h10-20,22,32-34,39-41,50-51,53H,26-29,35-38H2,1-9H3;1,9-19,21,29-31,36-38,47-48,50H,24-27,32-35H2,2-7H3;1-4H2/t50-,51-;47-,48-;/m11./s1. The van der Waals surface area contributed by atoms with Crippen molar-refractivity contribution >= 4 is 24.2 Å². The molecule has 8 aromatic carbocycles. The zero-order chi connectivity index (χ0) is 86.6. The molecule has 3 heterocycles. The fourth-order valence-corrected chi connectivity index (χ4v) is 27.0. The predicted octanol–water partition coefficient (Wildman–Crippen LogP) is 21.9. The van der Waals surface area contributed by atoms with Gasteiger partial charge in [0, 0.05) is 80.0 Å². The van der Waals surface area contributed by atoms with E-state index >= 15 is 0 Å². The van der Waals surface area contributed by atoms with Gasteiger partial charge in [0.05, 0.1) is 106 Å². The van der Waals surface area contributed by atoms with Gasteiger partial charge in [-0.15, -0.1) is 23.1 Å². The van der Waals surface area contributed by atoms with Crippen molar-refractivity contribution in [1.29, 1.82) is 0 Å². The third-order valence-corrected chi connectivity index (χ3v) is 35.8. The van der Waals surface area contributed by atoms with Gasteiger partial charge in [0.15, 0.2) is 0 Å². The zero-order valence-electron chi connectivity index (χ0n) is 74.2. The number of benzene rings is 8. The van der Waals surface area contributed by atoms with Crippen LogP contribution in [0.2, 0.25) is 52.9 Å². The van der Waals surface area contributed by atoms with Crippen LogP contribution in [0.25, 0.3) is 0 Å². The minimum absolute atomic E-state index is 0.106. The number of ether oxygens (including phenoxy) is 11. The molecular weight excluding hydrogens is 1550 g/mol. The number of terminal acetylenes is 1. The lowest BCUT2D eigenvalue weighted by Crippen LogP contribution is -2.43. The Balaban J connectivity index is 0.000000260. The Bertz CT molecular complexity index is 4700. The van der Waals surface area contributed by atoms with Gasteiger partial charge in [-0.1, -0.05) is 271 Å². The summed E-state index contributed by atoms with van der Waals surface area (Å²) in [6.07, 6.45) is 7.23. The highest BCUT2D eigenvalue weighted by Crippen LogP contribution is 2.43. The fraction of sp³-hybridized carbons (Fsp3) is 0.429. The van der Waals surface area contributed by atoms with Crippen molar-refractivity contribution in [2.45, 2.75) is 200 Å². The lowest BCUT2D eigenvalue weighted by Gasteiger charge is -2.38. The number of hydrogen-bond donors (Lipinski definition) is 2. The third-order valence-electron chi connectivity index (χ3n) is 22.4. The topological polar surface area (TPSA) is 142 Å². The molecule has 121 heavy (non-hydrogen) atoms. The number of hydrogen-bond acceptors (Lipinski definition) is 13. The van der Waals surface area contributed by atoms with E-state index in [-0.39, 0.29) is 88.8 Å². The van der Waals surface area contributed by atoms with Crippen LogP contribution in [0, 0.1) is 70.4 Å². The van der Waals surface area contributed by atoms with Gasteiger partial charge >= 0.3 is 0 Å². The number of phenolic OH excluding ortho intramolecular Hbond substituents is 2. The first-order valence-corrected chi connectivity index (χ1v) is 51.1. The summed E-state index contributed by atoms with van der Waals surface area (Å²) < 4.78 is 66.8. The van der Waals surface area contributed by atoms with Crippen LogP contribution in [0.1, 0.15) is 209 Å². The van der Waals surface area contributed by atoms with E-state index in [4.69, 9.17) is 58.5 Å². The summed E-state index contributed by atoms with van der Waals surface area (Å²) in [6, 6.07) is 59.7. The Labute approximate surface area is 727 Å². The Hall–Kier alpha value is -9.07. The first kappa shape index (κ1) is 95.8. The maximum atomic E-state index is 11.7. The molecule has 1 fully saturated rings. The van der Waals surface area contributed by atoms with Crippen molar-refractivity contribution in [3.8, 4) is 81.9 Å². The molecule has 13 nitrogen and oxygen atoms in total. The Morgan fingerprint density at radius 2 is 0.587 bits per heavy atom. The number of fused-ring (bicyclic) bond motifs is 4. The van der Waals surface area contributed by atoms with Gasteiger partial charge in [0.1, 0.15) is 60.1 Å². The molecule has 8 aromatic rings. The van der Waals surface area contributed by atoms with E-state index in [0.717, 1.165) is 68.8 Å². The van der Waals surface area contributed by atoms with E-state index in [2.05, 4.69) is 185 Å². The van der Waals surface area contributed by atoms with Gasteiger partial charge < -0.3 is 62.3 Å². The summed E-state index contributed by atoms with van der Waals surface area (Å²) in [5.74, 6) is 27.2. The number of rotatable bonds is 10. The lowest BCUT2D eigenvalue weighted by molar-refractivity contribution is -0.0646. The maximum absolute atomic E-state index is 11.7. The molecule has 3 aliphatic heterocycles. The average molecular weight is 1680 g/mol. The average Bonchev–Trinajstić information content (AvgIpc) is 0.905. The molecule has 4 bridgehead atoms. The molecule has 2 N–H and O–H groups in total. The van der Waals surface area contributed by atoms with Crippen molar-refractivity contribution in [2.24, 2.45) is 0 Å². The molecule has 11 rings (SSSR count). The molecule has 0 aromatic heterocycles. The van der Waals surface area contributed by atoms with Crippen molar-refractivity contribution in [2.75, 3.05) is 92.5 Å². The summed E-state index contributed by atoms with van der Waals surface area (Å²) in [6.45, 7) is 41.6. The second-order valence-corrected chi connectivity index (χ2v) is 49.8. The molecule has 0 unspecified atom stereocenters. The minimum Gasteiger partial charge on any atom is -0.507 e. The lowest BCUT2D eigenvalue weighted by atomic mass is 10.0. The van der Waals surface area contributed by atoms with Gasteiger partial charge in [0.25, 0.3) is 0 Å². The van der Waals surface area contributed by atoms with Crippen LogP contribution in [0.5, 0.6) is 11.5 Å². The monoisotopic (exact) mass is 1680 g/mol. The third kappa shape index (κ3) is 29.3. The Kier molecular flexibility index (Phi) is 39.0. The van der Waals surface area contributed by atoms with Gasteiger partial charge in [-0.2, -0.15) is 0 Å². The highest BCUT2D eigenvalue weighted by molar-refractivity contribution is 6.91. The van der Waals surface area contributed by atoms with Crippen LogP contribution >= 0.6 is 0 Å². The molecule has 3 aliphatic rings. The van der Waals surface area contributed by atoms with E-state index in [0.29, 0.717) is 119 Å². The van der Waals surface area contributed by atoms with E-state index in [1.165, 1.54) is 12.8 Å². The molecule has 0 spiro atoms. The Morgan fingerprint density at radius 3 is 0.860 bits per heavy atom. The molecule has 0 radical (unpaired) electrons. The van der Waals surface area contributed by atoms with Crippen LogP contribution in [-0.4, -0.2) is 127 Å². The van der Waals surface area contributed by atoms with Gasteiger partial charge in [-0.3, -0.25) is 0 Å². The van der Waals surface area contributed by atoms with Crippen molar-refractivity contribution < 1.29 is 62.3 Å². The minimum atomic E-state index is -1.94. The summed E-state index contributed by atoms with van der Waals surface area (Å²) in [7, 11) is -5.54. The van der Waals surface area contributed by atoms with Crippen LogP contribution in [0.15, 0.2) is 182 Å². The molecule has 4 atom stereocenters. The van der Waals surface area contributed by atoms with E-state index in [1.54, 1.807) is 0 Å². The second kappa shape index (κ2) is 49.3. The smallest absolute Gasteiger partial charge is 0.146 e. The van der Waals surface area contributed by atoms with Crippen LogP contribution in [-0.2, 0) is 78.5 Å². The summed E-state index contributed by atoms with van der Waals surface area (Å²) in [5, 5.41) is 23.2. The van der Waals surface area contributed by atoms with Gasteiger partial charge in [0.2, 0.25) is 0 Å². The molecule has 0 aliphatic carbocycles. The zero-order valence-corrected chi connectivity index (χ0v) is 77.2. The Morgan fingerprint density at radius 1 is 0.298 bits per heavy atom. The van der Waals surface area contributed by atoms with Crippen molar-refractivity contribution in [3.05, 3.63) is 271 Å². The molecule has 638 valence electrons. The predicted molar refractivity (Wildman–Crippen MR) is 496 cm³/mol. The van der Waals surface area contributed by atoms with Gasteiger partial charge in [-0.05, 0) is 129 Å². The molecule has 1 saturated heterocycles. The quantitative estimate of drug-likeness (QED) is 0.0992. The summed E-state index contributed by atoms with van der Waals surface area (Å²) >= 11 is 0. The van der Waals surface area contributed by atoms with Gasteiger partial charge in [-0.25, -0.2) is 0 Å². The number of aromatic hydroxyl groups is 2. The maximum Gasteiger partial charge on any atom is 0.146 e. The first-order valence-electron chi connectivity index (χ1n) is 43.2. The van der Waals surface area contributed by atoms with Crippen molar-refractivity contribution in [3.63, 3.8) is 0 Å². The summed E-state index contributed by atoms with van der Waals surface area (Å²) in [4.78, 5) is 0. The first-order chi connectivity index (χ1) is 58.4.